The molecule has 1 N–H and O–H groups in total. The molecule has 6 rings (SSSR count). The lowest BCUT2D eigenvalue weighted by molar-refractivity contribution is 0.0950. The van der Waals surface area contributed by atoms with Gasteiger partial charge in [0.25, 0.3) is 5.91 Å². The minimum Gasteiger partial charge on any atom is -0.497 e. The number of benzene rings is 3. The highest BCUT2D eigenvalue weighted by molar-refractivity contribution is 5.94. The first kappa shape index (κ1) is 29.2. The van der Waals surface area contributed by atoms with Crippen LogP contribution < -0.4 is 10.1 Å². The highest BCUT2D eigenvalue weighted by Gasteiger charge is 2.45. The molecule has 3 fully saturated rings. The van der Waals surface area contributed by atoms with Crippen LogP contribution in [-0.2, 0) is 13.1 Å². The zero-order chi connectivity index (χ0) is 29.6. The van der Waals surface area contributed by atoms with E-state index in [4.69, 9.17) is 4.74 Å². The minimum absolute atomic E-state index is 0.0753. The molecular weight excluding hydrogens is 536 g/mol. The van der Waals surface area contributed by atoms with Gasteiger partial charge in [-0.1, -0.05) is 73.9 Å². The highest BCUT2D eigenvalue weighted by Crippen LogP contribution is 2.38. The maximum absolute atomic E-state index is 13.9. The zero-order valence-corrected chi connectivity index (χ0v) is 25.3. The van der Waals surface area contributed by atoms with Gasteiger partial charge in [-0.05, 0) is 66.6 Å². The molecule has 2 saturated heterocycles. The number of amides is 3. The van der Waals surface area contributed by atoms with Crippen LogP contribution in [0, 0.1) is 0 Å². The van der Waals surface area contributed by atoms with Crippen molar-refractivity contribution in [3.63, 3.8) is 0 Å². The maximum atomic E-state index is 13.9. The van der Waals surface area contributed by atoms with Gasteiger partial charge in [-0.25, -0.2) is 4.79 Å². The number of likely N-dealkylation sites (tertiary alicyclic amines) is 1. The monoisotopic (exact) mass is 580 g/mol. The van der Waals surface area contributed by atoms with E-state index >= 15 is 0 Å². The number of nitrogens with zero attached hydrogens (tertiary/aromatic N) is 3. The number of rotatable bonds is 9. The van der Waals surface area contributed by atoms with Crippen molar-refractivity contribution in [2.75, 3.05) is 26.7 Å². The van der Waals surface area contributed by atoms with Crippen molar-refractivity contribution in [2.24, 2.45) is 0 Å². The summed E-state index contributed by atoms with van der Waals surface area (Å²) in [7, 11) is 1.64. The molecule has 7 nitrogen and oxygen atoms in total. The van der Waals surface area contributed by atoms with E-state index in [1.807, 2.05) is 36.4 Å². The van der Waals surface area contributed by atoms with Crippen molar-refractivity contribution in [1.82, 2.24) is 20.0 Å². The van der Waals surface area contributed by atoms with Crippen LogP contribution in [0.4, 0.5) is 4.79 Å². The van der Waals surface area contributed by atoms with Crippen LogP contribution in [0.25, 0.3) is 0 Å². The van der Waals surface area contributed by atoms with Crippen LogP contribution in [0.1, 0.15) is 78.0 Å². The van der Waals surface area contributed by atoms with Gasteiger partial charge in [-0.2, -0.15) is 0 Å². The Morgan fingerprint density at radius 3 is 2.16 bits per heavy atom. The molecule has 1 unspecified atom stereocenters. The molecule has 1 atom stereocenters. The molecule has 0 radical (unpaired) electrons. The molecular formula is C36H44N4O3. The third-order valence-corrected chi connectivity index (χ3v) is 9.56. The van der Waals surface area contributed by atoms with Crippen LogP contribution in [0.15, 0.2) is 78.9 Å². The van der Waals surface area contributed by atoms with Crippen molar-refractivity contribution in [3.05, 3.63) is 101 Å². The van der Waals surface area contributed by atoms with Crippen LogP contribution in [0.5, 0.6) is 5.75 Å². The average molecular weight is 581 g/mol. The summed E-state index contributed by atoms with van der Waals surface area (Å²) in [5, 5.41) is 3.00. The van der Waals surface area contributed by atoms with E-state index in [1.165, 1.54) is 30.4 Å². The van der Waals surface area contributed by atoms with Crippen molar-refractivity contribution < 1.29 is 14.3 Å². The number of hydrogen-bond donors (Lipinski definition) is 1. The Hall–Kier alpha value is -3.84. The van der Waals surface area contributed by atoms with E-state index < -0.39 is 0 Å². The number of ether oxygens (including phenoxy) is 1. The zero-order valence-electron chi connectivity index (χ0n) is 25.3. The largest absolute Gasteiger partial charge is 0.497 e. The average Bonchev–Trinajstić information content (AvgIpc) is 3.42. The number of piperidine rings is 1. The normalized spacial score (nSPS) is 20.4. The summed E-state index contributed by atoms with van der Waals surface area (Å²) in [6.07, 6.45) is 8.02. The lowest BCUT2D eigenvalue weighted by Gasteiger charge is -2.39. The summed E-state index contributed by atoms with van der Waals surface area (Å²) in [5.41, 5.74) is 4.15. The molecule has 0 bridgehead atoms. The Balaban J connectivity index is 1.03. The predicted octanol–water partition coefficient (Wildman–Crippen LogP) is 6.40. The Labute approximate surface area is 255 Å². The Bertz CT molecular complexity index is 1350. The fourth-order valence-corrected chi connectivity index (χ4v) is 7.09. The molecule has 3 aromatic rings. The van der Waals surface area contributed by atoms with Crippen LogP contribution in [-0.4, -0.2) is 65.5 Å². The van der Waals surface area contributed by atoms with Gasteiger partial charge in [0, 0.05) is 50.4 Å². The third kappa shape index (κ3) is 6.88. The Kier molecular flexibility index (Phi) is 9.27. The molecule has 3 aliphatic rings. The topological polar surface area (TPSA) is 65.1 Å². The summed E-state index contributed by atoms with van der Waals surface area (Å²) in [6.45, 7) is 4.06. The second-order valence-electron chi connectivity index (χ2n) is 12.3. The Morgan fingerprint density at radius 1 is 0.814 bits per heavy atom. The number of methoxy groups -OCH3 is 1. The molecule has 0 spiro atoms. The van der Waals surface area contributed by atoms with Crippen LogP contribution in [0.2, 0.25) is 0 Å². The van der Waals surface area contributed by atoms with E-state index in [0.29, 0.717) is 18.2 Å². The highest BCUT2D eigenvalue weighted by atomic mass is 16.5. The summed E-state index contributed by atoms with van der Waals surface area (Å²) in [4.78, 5) is 33.5. The predicted molar refractivity (Wildman–Crippen MR) is 169 cm³/mol. The molecule has 3 amide bonds. The second-order valence-corrected chi connectivity index (χ2v) is 12.3. The number of carbonyl (C=O) groups excluding carboxylic acids is 2. The molecule has 226 valence electrons. The van der Waals surface area contributed by atoms with Crippen molar-refractivity contribution in [2.45, 2.75) is 76.2 Å². The maximum Gasteiger partial charge on any atom is 0.321 e. The summed E-state index contributed by atoms with van der Waals surface area (Å²) < 4.78 is 5.20. The first-order valence-corrected chi connectivity index (χ1v) is 16.0. The van der Waals surface area contributed by atoms with E-state index in [2.05, 4.69) is 62.5 Å². The van der Waals surface area contributed by atoms with Crippen LogP contribution >= 0.6 is 0 Å². The number of nitrogens with one attached hydrogen (secondary N) is 1. The lowest BCUT2D eigenvalue weighted by Crippen LogP contribution is -2.48. The van der Waals surface area contributed by atoms with Gasteiger partial charge in [0.1, 0.15) is 5.75 Å². The van der Waals surface area contributed by atoms with Gasteiger partial charge >= 0.3 is 6.03 Å². The number of urea groups is 1. The number of carbonyl (C=O) groups is 2. The molecule has 0 aromatic heterocycles. The molecule has 43 heavy (non-hydrogen) atoms. The standard InChI is InChI=1S/C36H44N4O3/c1-43-33-18-14-27(15-19-33)24-37-35(41)30-16-12-28(13-17-30)25-38-22-20-32(21-23-38)40-34(29-8-4-2-5-9-29)26-39(36(40)42)31-10-6-3-7-11-31/h2,4-5,8-9,12-19,31-32,34H,3,6-7,10-11,20-26H2,1H3,(H,37,41). The smallest absolute Gasteiger partial charge is 0.321 e. The fraction of sp³-hybridized carbons (Fsp3) is 0.444. The molecule has 2 aliphatic heterocycles. The third-order valence-electron chi connectivity index (χ3n) is 9.56. The molecule has 1 saturated carbocycles. The SMILES string of the molecule is COc1ccc(CNC(=O)c2ccc(CN3CCC(N4C(=O)N(C5CCCCC5)CC4c4ccccc4)CC3)cc2)cc1. The summed E-state index contributed by atoms with van der Waals surface area (Å²) >= 11 is 0. The van der Waals surface area contributed by atoms with Crippen molar-refractivity contribution >= 4 is 11.9 Å². The van der Waals surface area contributed by atoms with E-state index in [1.54, 1.807) is 7.11 Å². The quantitative estimate of drug-likeness (QED) is 0.318. The van der Waals surface area contributed by atoms with Gasteiger partial charge in [0.05, 0.1) is 13.2 Å². The van der Waals surface area contributed by atoms with Gasteiger partial charge in [-0.15, -0.1) is 0 Å². The summed E-state index contributed by atoms with van der Waals surface area (Å²) in [5.74, 6) is 0.728. The lowest BCUT2D eigenvalue weighted by atomic mass is 9.94. The second kappa shape index (κ2) is 13.6. The van der Waals surface area contributed by atoms with Gasteiger partial charge in [-0.3, -0.25) is 9.69 Å². The van der Waals surface area contributed by atoms with Gasteiger partial charge in [0.2, 0.25) is 0 Å². The van der Waals surface area contributed by atoms with E-state index in [9.17, 15) is 9.59 Å². The minimum atomic E-state index is -0.0753. The molecule has 3 aromatic carbocycles. The first-order chi connectivity index (χ1) is 21.1. The molecule has 1 aliphatic carbocycles. The first-order valence-electron chi connectivity index (χ1n) is 16.0. The van der Waals surface area contributed by atoms with E-state index in [0.717, 1.165) is 63.2 Å². The Morgan fingerprint density at radius 2 is 1.49 bits per heavy atom. The fourth-order valence-electron chi connectivity index (χ4n) is 7.09. The molecule has 2 heterocycles. The van der Waals surface area contributed by atoms with Crippen molar-refractivity contribution in [1.29, 1.82) is 0 Å². The summed E-state index contributed by atoms with van der Waals surface area (Å²) in [6, 6.07) is 27.3. The van der Waals surface area contributed by atoms with Gasteiger partial charge < -0.3 is 19.9 Å². The van der Waals surface area contributed by atoms with Crippen molar-refractivity contribution in [3.8, 4) is 5.75 Å². The number of hydrogen-bond acceptors (Lipinski definition) is 4. The van der Waals surface area contributed by atoms with Crippen LogP contribution in [0.3, 0.4) is 0 Å². The van der Waals surface area contributed by atoms with E-state index in [-0.39, 0.29) is 24.0 Å². The molecule has 7 heteroatoms. The van der Waals surface area contributed by atoms with Gasteiger partial charge in [0.15, 0.2) is 0 Å².